The molecule has 25 heavy (non-hydrogen) atoms. The third-order valence-corrected chi connectivity index (χ3v) is 5.03. The van der Waals surface area contributed by atoms with Gasteiger partial charge >= 0.3 is 0 Å². The first kappa shape index (κ1) is 16.1. The maximum Gasteiger partial charge on any atom is 0.258 e. The highest BCUT2D eigenvalue weighted by Crippen LogP contribution is 2.31. The highest BCUT2D eigenvalue weighted by atomic mass is 35.5. The van der Waals surface area contributed by atoms with Crippen LogP contribution < -0.4 is 5.32 Å². The average Bonchev–Trinajstić information content (AvgIpc) is 3.25. The van der Waals surface area contributed by atoms with Gasteiger partial charge in [-0.3, -0.25) is 9.78 Å². The van der Waals surface area contributed by atoms with Gasteiger partial charge in [-0.1, -0.05) is 24.4 Å². The number of benzene rings is 1. The SMILES string of the molecule is Cc1nc2ccc(Cl)cc2cc1C(=O)Nc1ccnn1C1CCCC1. The van der Waals surface area contributed by atoms with Gasteiger partial charge in [0, 0.05) is 16.5 Å². The maximum atomic E-state index is 12.8. The van der Waals surface area contributed by atoms with E-state index in [2.05, 4.69) is 15.4 Å². The largest absolute Gasteiger partial charge is 0.307 e. The lowest BCUT2D eigenvalue weighted by atomic mass is 10.1. The van der Waals surface area contributed by atoms with Crippen LogP contribution in [-0.4, -0.2) is 20.7 Å². The fraction of sp³-hybridized carbons (Fsp3) is 0.316. The molecule has 0 spiro atoms. The summed E-state index contributed by atoms with van der Waals surface area (Å²) < 4.78 is 1.94. The monoisotopic (exact) mass is 354 g/mol. The number of halogens is 1. The Labute approximate surface area is 151 Å². The number of anilines is 1. The van der Waals surface area contributed by atoms with Crippen molar-refractivity contribution >= 4 is 34.2 Å². The summed E-state index contributed by atoms with van der Waals surface area (Å²) in [7, 11) is 0. The third kappa shape index (κ3) is 3.12. The summed E-state index contributed by atoms with van der Waals surface area (Å²) in [6.45, 7) is 1.84. The molecule has 0 radical (unpaired) electrons. The van der Waals surface area contributed by atoms with Crippen molar-refractivity contribution in [1.82, 2.24) is 14.8 Å². The van der Waals surface area contributed by atoms with Crippen molar-refractivity contribution in [2.45, 2.75) is 38.6 Å². The van der Waals surface area contributed by atoms with Gasteiger partial charge in [0.15, 0.2) is 0 Å². The summed E-state index contributed by atoms with van der Waals surface area (Å²) in [5.74, 6) is 0.564. The highest BCUT2D eigenvalue weighted by Gasteiger charge is 2.21. The number of pyridine rings is 1. The Balaban J connectivity index is 1.64. The Kier molecular flexibility index (Phi) is 4.17. The first-order valence-electron chi connectivity index (χ1n) is 8.53. The molecule has 0 bridgehead atoms. The summed E-state index contributed by atoms with van der Waals surface area (Å²) >= 11 is 6.06. The Hall–Kier alpha value is -2.40. The molecular weight excluding hydrogens is 336 g/mol. The molecule has 2 heterocycles. The van der Waals surface area contributed by atoms with Crippen LogP contribution in [0.15, 0.2) is 36.5 Å². The second-order valence-electron chi connectivity index (χ2n) is 6.51. The fourth-order valence-corrected chi connectivity index (χ4v) is 3.69. The minimum absolute atomic E-state index is 0.174. The molecule has 4 rings (SSSR count). The standard InChI is InChI=1S/C19H19ClN4O/c1-12-16(11-13-10-14(20)6-7-17(13)22-12)19(25)23-18-8-9-21-24(18)15-4-2-3-5-15/h6-11,15H,2-5H2,1H3,(H,23,25). The minimum atomic E-state index is -0.174. The third-order valence-electron chi connectivity index (χ3n) is 4.79. The van der Waals surface area contributed by atoms with Crippen LogP contribution >= 0.6 is 11.6 Å². The normalized spacial score (nSPS) is 15.0. The van der Waals surface area contributed by atoms with Crippen molar-refractivity contribution in [3.05, 3.63) is 52.8 Å². The van der Waals surface area contributed by atoms with Gasteiger partial charge in [-0.25, -0.2) is 4.68 Å². The zero-order valence-electron chi connectivity index (χ0n) is 14.0. The van der Waals surface area contributed by atoms with Crippen molar-refractivity contribution in [2.24, 2.45) is 0 Å². The summed E-state index contributed by atoms with van der Waals surface area (Å²) in [6, 6.07) is 9.55. The molecule has 1 saturated carbocycles. The van der Waals surface area contributed by atoms with Gasteiger partial charge in [0.05, 0.1) is 29.0 Å². The van der Waals surface area contributed by atoms with Crippen LogP contribution in [0.5, 0.6) is 0 Å². The zero-order valence-corrected chi connectivity index (χ0v) is 14.8. The van der Waals surface area contributed by atoms with Crippen LogP contribution in [0.1, 0.15) is 47.8 Å². The number of nitrogens with one attached hydrogen (secondary N) is 1. The highest BCUT2D eigenvalue weighted by molar-refractivity contribution is 6.31. The number of fused-ring (bicyclic) bond motifs is 1. The molecule has 1 aliphatic rings. The summed E-state index contributed by atoms with van der Waals surface area (Å²) in [5.41, 5.74) is 2.07. The van der Waals surface area contributed by atoms with Crippen LogP contribution in [0, 0.1) is 6.92 Å². The van der Waals surface area contributed by atoms with Crippen molar-refractivity contribution in [2.75, 3.05) is 5.32 Å². The van der Waals surface area contributed by atoms with Crippen LogP contribution in [0.25, 0.3) is 10.9 Å². The molecule has 1 N–H and O–H groups in total. The zero-order chi connectivity index (χ0) is 17.4. The molecule has 0 saturated heterocycles. The van der Waals surface area contributed by atoms with Crippen molar-refractivity contribution < 1.29 is 4.79 Å². The van der Waals surface area contributed by atoms with E-state index in [1.807, 2.05) is 35.9 Å². The molecule has 2 aromatic heterocycles. The lowest BCUT2D eigenvalue weighted by Gasteiger charge is -2.15. The molecule has 128 valence electrons. The smallest absolute Gasteiger partial charge is 0.258 e. The molecule has 1 amide bonds. The van der Waals surface area contributed by atoms with E-state index in [-0.39, 0.29) is 5.91 Å². The van der Waals surface area contributed by atoms with Crippen LogP contribution in [0.3, 0.4) is 0 Å². The van der Waals surface area contributed by atoms with Crippen molar-refractivity contribution in [3.8, 4) is 0 Å². The second kappa shape index (κ2) is 6.48. The molecule has 1 fully saturated rings. The molecule has 0 aliphatic heterocycles. The molecular formula is C19H19ClN4O. The number of carbonyl (C=O) groups excluding carboxylic acids is 1. The number of amides is 1. The van der Waals surface area contributed by atoms with Crippen molar-refractivity contribution in [1.29, 1.82) is 0 Å². The topological polar surface area (TPSA) is 59.8 Å². The van der Waals surface area contributed by atoms with Gasteiger partial charge in [-0.05, 0) is 44.0 Å². The summed E-state index contributed by atoms with van der Waals surface area (Å²) in [4.78, 5) is 17.3. The van der Waals surface area contributed by atoms with Crippen LogP contribution in [-0.2, 0) is 0 Å². The van der Waals surface area contributed by atoms with Gasteiger partial charge in [0.25, 0.3) is 5.91 Å². The number of aryl methyl sites for hydroxylation is 1. The van der Waals surface area contributed by atoms with E-state index in [4.69, 9.17) is 11.6 Å². The molecule has 1 aromatic carbocycles. The van der Waals surface area contributed by atoms with Gasteiger partial charge in [-0.2, -0.15) is 5.10 Å². The average molecular weight is 355 g/mol. The number of aromatic nitrogens is 3. The number of hydrogen-bond acceptors (Lipinski definition) is 3. The van der Waals surface area contributed by atoms with Crippen LogP contribution in [0.2, 0.25) is 5.02 Å². The lowest BCUT2D eigenvalue weighted by molar-refractivity contribution is 0.102. The second-order valence-corrected chi connectivity index (χ2v) is 6.95. The number of hydrogen-bond donors (Lipinski definition) is 1. The van der Waals surface area contributed by atoms with E-state index < -0.39 is 0 Å². The fourth-order valence-electron chi connectivity index (χ4n) is 3.51. The Morgan fingerprint density at radius 1 is 1.24 bits per heavy atom. The maximum absolute atomic E-state index is 12.8. The van der Waals surface area contributed by atoms with Gasteiger partial charge < -0.3 is 5.32 Å². The molecule has 1 aliphatic carbocycles. The Morgan fingerprint density at radius 2 is 2.04 bits per heavy atom. The minimum Gasteiger partial charge on any atom is -0.307 e. The van der Waals surface area contributed by atoms with Crippen LogP contribution in [0.4, 0.5) is 5.82 Å². The molecule has 5 nitrogen and oxygen atoms in total. The Morgan fingerprint density at radius 3 is 2.84 bits per heavy atom. The Bertz CT molecular complexity index is 944. The van der Waals surface area contributed by atoms with Gasteiger partial charge in [-0.15, -0.1) is 0 Å². The first-order chi connectivity index (χ1) is 12.1. The lowest BCUT2D eigenvalue weighted by Crippen LogP contribution is -2.19. The molecule has 0 atom stereocenters. The summed E-state index contributed by atoms with van der Waals surface area (Å²) in [5, 5.41) is 8.87. The predicted molar refractivity (Wildman–Crippen MR) is 99.2 cm³/mol. The van der Waals surface area contributed by atoms with Crippen molar-refractivity contribution in [3.63, 3.8) is 0 Å². The molecule has 0 unspecified atom stereocenters. The van der Waals surface area contributed by atoms with Gasteiger partial charge in [0.2, 0.25) is 0 Å². The van der Waals surface area contributed by atoms with E-state index in [0.29, 0.717) is 22.3 Å². The predicted octanol–water partition coefficient (Wildman–Crippen LogP) is 4.76. The van der Waals surface area contributed by atoms with E-state index in [0.717, 1.165) is 29.6 Å². The van der Waals surface area contributed by atoms with E-state index in [1.165, 1.54) is 12.8 Å². The van der Waals surface area contributed by atoms with E-state index in [9.17, 15) is 4.79 Å². The number of nitrogens with zero attached hydrogens (tertiary/aromatic N) is 3. The molecule has 3 aromatic rings. The summed E-state index contributed by atoms with van der Waals surface area (Å²) in [6.07, 6.45) is 6.39. The molecule has 6 heteroatoms. The number of carbonyl (C=O) groups is 1. The quantitative estimate of drug-likeness (QED) is 0.737. The van der Waals surface area contributed by atoms with E-state index >= 15 is 0 Å². The first-order valence-corrected chi connectivity index (χ1v) is 8.91. The van der Waals surface area contributed by atoms with Gasteiger partial charge in [0.1, 0.15) is 5.82 Å². The van der Waals surface area contributed by atoms with E-state index in [1.54, 1.807) is 12.3 Å². The number of rotatable bonds is 3.